The van der Waals surface area contributed by atoms with Crippen molar-refractivity contribution in [3.8, 4) is 11.4 Å². The summed E-state index contributed by atoms with van der Waals surface area (Å²) in [5.74, 6) is 1.85. The van der Waals surface area contributed by atoms with Gasteiger partial charge >= 0.3 is 0 Å². The standard InChI is InChI=1S/C16H12Cl2N6O/c1-25-12-6-10(17)5-11(7-12)23-8-14(19-9-23)20-15-13-3-2-4-24(13)22-16(18)21-15/h2-9H,1H3,(H,20,21,22). The quantitative estimate of drug-likeness (QED) is 0.585. The Morgan fingerprint density at radius 3 is 2.92 bits per heavy atom. The van der Waals surface area contributed by atoms with E-state index in [4.69, 9.17) is 27.9 Å². The van der Waals surface area contributed by atoms with Crippen molar-refractivity contribution in [2.75, 3.05) is 12.4 Å². The van der Waals surface area contributed by atoms with E-state index in [9.17, 15) is 0 Å². The van der Waals surface area contributed by atoms with Gasteiger partial charge in [-0.15, -0.1) is 5.10 Å². The van der Waals surface area contributed by atoms with E-state index in [-0.39, 0.29) is 5.28 Å². The lowest BCUT2D eigenvalue weighted by Crippen LogP contribution is -2.01. The summed E-state index contributed by atoms with van der Waals surface area (Å²) in [5.41, 5.74) is 1.63. The summed E-state index contributed by atoms with van der Waals surface area (Å²) in [7, 11) is 1.60. The van der Waals surface area contributed by atoms with Crippen LogP contribution < -0.4 is 10.1 Å². The molecule has 0 atom stereocenters. The first-order valence-corrected chi connectivity index (χ1v) is 8.05. The van der Waals surface area contributed by atoms with E-state index < -0.39 is 0 Å². The Morgan fingerprint density at radius 1 is 1.20 bits per heavy atom. The van der Waals surface area contributed by atoms with Crippen molar-refractivity contribution in [1.82, 2.24) is 24.1 Å². The van der Waals surface area contributed by atoms with Crippen molar-refractivity contribution >= 4 is 40.4 Å². The maximum Gasteiger partial charge on any atom is 0.243 e. The predicted molar refractivity (Wildman–Crippen MR) is 96.4 cm³/mol. The molecular weight excluding hydrogens is 363 g/mol. The van der Waals surface area contributed by atoms with Gasteiger partial charge in [-0.1, -0.05) is 11.6 Å². The van der Waals surface area contributed by atoms with Gasteiger partial charge in [-0.3, -0.25) is 0 Å². The summed E-state index contributed by atoms with van der Waals surface area (Å²) < 4.78 is 8.72. The number of methoxy groups -OCH3 is 1. The number of anilines is 2. The number of hydrogen-bond donors (Lipinski definition) is 1. The lowest BCUT2D eigenvalue weighted by atomic mass is 10.3. The van der Waals surface area contributed by atoms with Gasteiger partial charge in [0.1, 0.15) is 23.4 Å². The number of ether oxygens (including phenoxy) is 1. The molecule has 4 aromatic rings. The van der Waals surface area contributed by atoms with Gasteiger partial charge in [0, 0.05) is 17.3 Å². The Morgan fingerprint density at radius 2 is 2.08 bits per heavy atom. The van der Waals surface area contributed by atoms with Crippen LogP contribution in [0.4, 0.5) is 11.6 Å². The molecule has 25 heavy (non-hydrogen) atoms. The molecule has 1 aromatic carbocycles. The fraction of sp³-hybridized carbons (Fsp3) is 0.0625. The molecule has 0 unspecified atom stereocenters. The second kappa shape index (κ2) is 6.27. The highest BCUT2D eigenvalue weighted by Crippen LogP contribution is 2.25. The number of aromatic nitrogens is 5. The predicted octanol–water partition coefficient (Wildman–Crippen LogP) is 3.97. The second-order valence-electron chi connectivity index (χ2n) is 5.21. The summed E-state index contributed by atoms with van der Waals surface area (Å²) in [6.07, 6.45) is 5.29. The zero-order valence-corrected chi connectivity index (χ0v) is 14.5. The smallest absolute Gasteiger partial charge is 0.243 e. The number of imidazole rings is 1. The highest BCUT2D eigenvalue weighted by Gasteiger charge is 2.09. The topological polar surface area (TPSA) is 69.3 Å². The highest BCUT2D eigenvalue weighted by molar-refractivity contribution is 6.30. The van der Waals surface area contributed by atoms with Crippen LogP contribution in [0, 0.1) is 0 Å². The fourth-order valence-electron chi connectivity index (χ4n) is 2.46. The van der Waals surface area contributed by atoms with Gasteiger partial charge < -0.3 is 14.6 Å². The van der Waals surface area contributed by atoms with Crippen LogP contribution in [-0.2, 0) is 0 Å². The van der Waals surface area contributed by atoms with E-state index in [1.165, 1.54) is 0 Å². The molecule has 0 fully saturated rings. The third kappa shape index (κ3) is 3.11. The molecule has 7 nitrogen and oxygen atoms in total. The molecule has 0 saturated carbocycles. The largest absolute Gasteiger partial charge is 0.497 e. The van der Waals surface area contributed by atoms with E-state index in [0.717, 1.165) is 11.2 Å². The number of rotatable bonds is 4. The first kappa shape index (κ1) is 15.7. The molecule has 0 aliphatic rings. The van der Waals surface area contributed by atoms with E-state index in [1.807, 2.05) is 35.0 Å². The lowest BCUT2D eigenvalue weighted by Gasteiger charge is -2.07. The third-order valence-corrected chi connectivity index (χ3v) is 3.96. The van der Waals surface area contributed by atoms with Crippen LogP contribution in [0.3, 0.4) is 0 Å². The van der Waals surface area contributed by atoms with Gasteiger partial charge in [0.05, 0.1) is 19.0 Å². The van der Waals surface area contributed by atoms with Crippen LogP contribution in [0.2, 0.25) is 10.3 Å². The van der Waals surface area contributed by atoms with Crippen molar-refractivity contribution < 1.29 is 4.74 Å². The molecule has 0 saturated heterocycles. The molecule has 4 rings (SSSR count). The molecule has 0 aliphatic heterocycles. The van der Waals surface area contributed by atoms with E-state index in [0.29, 0.717) is 22.4 Å². The molecule has 9 heteroatoms. The fourth-order valence-corrected chi connectivity index (χ4v) is 2.85. The van der Waals surface area contributed by atoms with Crippen LogP contribution in [0.25, 0.3) is 11.2 Å². The van der Waals surface area contributed by atoms with Gasteiger partial charge in [-0.25, -0.2) is 9.50 Å². The Bertz CT molecular complexity index is 1060. The van der Waals surface area contributed by atoms with Crippen LogP contribution in [0.1, 0.15) is 0 Å². The summed E-state index contributed by atoms with van der Waals surface area (Å²) in [6.45, 7) is 0. The normalized spacial score (nSPS) is 11.0. The number of halogens is 2. The van der Waals surface area contributed by atoms with Crippen LogP contribution >= 0.6 is 23.2 Å². The van der Waals surface area contributed by atoms with Gasteiger partial charge in [0.25, 0.3) is 0 Å². The number of nitrogens with one attached hydrogen (secondary N) is 1. The molecule has 0 amide bonds. The minimum Gasteiger partial charge on any atom is -0.497 e. The average Bonchev–Trinajstić information content (AvgIpc) is 3.23. The van der Waals surface area contributed by atoms with Gasteiger partial charge in [-0.2, -0.15) is 4.98 Å². The van der Waals surface area contributed by atoms with Crippen molar-refractivity contribution in [1.29, 1.82) is 0 Å². The van der Waals surface area contributed by atoms with E-state index >= 15 is 0 Å². The van der Waals surface area contributed by atoms with Gasteiger partial charge in [-0.05, 0) is 35.9 Å². The molecule has 3 heterocycles. The first-order chi connectivity index (χ1) is 12.1. The van der Waals surface area contributed by atoms with Crippen LogP contribution in [0.15, 0.2) is 49.1 Å². The monoisotopic (exact) mass is 374 g/mol. The maximum absolute atomic E-state index is 6.12. The molecule has 0 aliphatic carbocycles. The molecular formula is C16H12Cl2N6O. The molecule has 0 spiro atoms. The zero-order valence-electron chi connectivity index (χ0n) is 13.0. The summed E-state index contributed by atoms with van der Waals surface area (Å²) in [5, 5.41) is 7.97. The Hall–Kier alpha value is -2.77. The van der Waals surface area contributed by atoms with Crippen molar-refractivity contribution in [2.45, 2.75) is 0 Å². The first-order valence-electron chi connectivity index (χ1n) is 7.29. The van der Waals surface area contributed by atoms with E-state index in [1.54, 1.807) is 30.2 Å². The Balaban J connectivity index is 1.67. The van der Waals surface area contributed by atoms with Crippen LogP contribution in [0.5, 0.6) is 5.75 Å². The number of hydrogen-bond acceptors (Lipinski definition) is 5. The summed E-state index contributed by atoms with van der Waals surface area (Å²) >= 11 is 12.1. The number of nitrogens with zero attached hydrogens (tertiary/aromatic N) is 5. The minimum atomic E-state index is 0.144. The number of fused-ring (bicyclic) bond motifs is 1. The molecule has 0 radical (unpaired) electrons. The maximum atomic E-state index is 6.12. The summed E-state index contributed by atoms with van der Waals surface area (Å²) in [6, 6.07) is 9.18. The Kier molecular flexibility index (Phi) is 3.95. The molecule has 1 N–H and O–H groups in total. The molecule has 0 bridgehead atoms. The minimum absolute atomic E-state index is 0.144. The van der Waals surface area contributed by atoms with Crippen LogP contribution in [-0.4, -0.2) is 31.3 Å². The highest BCUT2D eigenvalue weighted by atomic mass is 35.5. The molecule has 3 aromatic heterocycles. The van der Waals surface area contributed by atoms with Crippen molar-refractivity contribution in [3.05, 3.63) is 59.4 Å². The SMILES string of the molecule is COc1cc(Cl)cc(-n2cnc(Nc3nc(Cl)nn4cccc34)c2)c1. The van der Waals surface area contributed by atoms with Crippen molar-refractivity contribution in [2.24, 2.45) is 0 Å². The zero-order chi connectivity index (χ0) is 17.4. The third-order valence-electron chi connectivity index (χ3n) is 3.58. The van der Waals surface area contributed by atoms with Gasteiger partial charge in [0.2, 0.25) is 5.28 Å². The average molecular weight is 375 g/mol. The second-order valence-corrected chi connectivity index (χ2v) is 5.98. The van der Waals surface area contributed by atoms with E-state index in [2.05, 4.69) is 20.4 Å². The number of benzene rings is 1. The summed E-state index contributed by atoms with van der Waals surface area (Å²) in [4.78, 5) is 8.57. The Labute approximate surface area is 152 Å². The lowest BCUT2D eigenvalue weighted by molar-refractivity contribution is 0.414. The van der Waals surface area contributed by atoms with Crippen molar-refractivity contribution in [3.63, 3.8) is 0 Å². The molecule has 126 valence electrons. The van der Waals surface area contributed by atoms with Gasteiger partial charge in [0.15, 0.2) is 5.82 Å².